The molecule has 18 heavy (non-hydrogen) atoms. The van der Waals surface area contributed by atoms with Crippen molar-refractivity contribution in [3.05, 3.63) is 47.8 Å². The molecule has 0 saturated heterocycles. The van der Waals surface area contributed by atoms with Crippen LogP contribution in [0.4, 0.5) is 0 Å². The maximum absolute atomic E-state index is 11.6. The molecule has 1 aromatic heterocycles. The van der Waals surface area contributed by atoms with Crippen molar-refractivity contribution in [1.82, 2.24) is 9.78 Å². The molecule has 2 aromatic rings. The number of aromatic nitrogens is 2. The predicted octanol–water partition coefficient (Wildman–Crippen LogP) is 1.86. The molecule has 5 nitrogen and oxygen atoms in total. The van der Waals surface area contributed by atoms with E-state index in [-0.39, 0.29) is 6.61 Å². The highest BCUT2D eigenvalue weighted by Crippen LogP contribution is 2.14. The first-order chi connectivity index (χ1) is 8.74. The normalized spacial score (nSPS) is 9.78. The van der Waals surface area contributed by atoms with Gasteiger partial charge in [-0.2, -0.15) is 10.4 Å². The number of benzene rings is 1. The van der Waals surface area contributed by atoms with E-state index in [1.165, 1.54) is 6.20 Å². The summed E-state index contributed by atoms with van der Waals surface area (Å²) >= 11 is 0. The van der Waals surface area contributed by atoms with Gasteiger partial charge in [-0.1, -0.05) is 18.2 Å². The lowest BCUT2D eigenvalue weighted by atomic mass is 10.2. The van der Waals surface area contributed by atoms with Gasteiger partial charge in [0.05, 0.1) is 17.6 Å². The van der Waals surface area contributed by atoms with Crippen LogP contribution in [0.3, 0.4) is 0 Å². The van der Waals surface area contributed by atoms with Crippen LogP contribution in [0.15, 0.2) is 36.5 Å². The summed E-state index contributed by atoms with van der Waals surface area (Å²) in [7, 11) is 0. The lowest BCUT2D eigenvalue weighted by Crippen LogP contribution is -2.07. The molecule has 90 valence electrons. The fourth-order valence-electron chi connectivity index (χ4n) is 1.62. The van der Waals surface area contributed by atoms with Crippen molar-refractivity contribution >= 4 is 5.97 Å². The number of carbonyl (C=O) groups excluding carboxylic acids is 1. The third kappa shape index (κ3) is 2.23. The summed E-state index contributed by atoms with van der Waals surface area (Å²) in [6, 6.07) is 11.2. The first-order valence-corrected chi connectivity index (χ1v) is 5.38. The number of hydrogen-bond acceptors (Lipinski definition) is 4. The van der Waals surface area contributed by atoms with Crippen molar-refractivity contribution in [1.29, 1.82) is 5.26 Å². The largest absolute Gasteiger partial charge is 0.447 e. The first-order valence-electron chi connectivity index (χ1n) is 5.38. The molecule has 0 unspecified atom stereocenters. The summed E-state index contributed by atoms with van der Waals surface area (Å²) < 4.78 is 6.41. The van der Waals surface area contributed by atoms with Crippen molar-refractivity contribution in [2.24, 2.45) is 0 Å². The molecule has 2 rings (SSSR count). The smallest absolute Gasteiger partial charge is 0.342 e. The summed E-state index contributed by atoms with van der Waals surface area (Å²) in [5.41, 5.74) is 1.92. The second kappa shape index (κ2) is 5.15. The number of nitrogens with zero attached hydrogens (tertiary/aromatic N) is 3. The molecule has 0 fully saturated rings. The van der Waals surface area contributed by atoms with Crippen molar-refractivity contribution in [3.63, 3.8) is 0 Å². The molecule has 0 aliphatic heterocycles. The molecule has 0 aliphatic rings. The molecular weight excluding hydrogens is 230 g/mol. The molecule has 0 saturated carbocycles. The van der Waals surface area contributed by atoms with Crippen LogP contribution >= 0.6 is 0 Å². The average molecular weight is 241 g/mol. The topological polar surface area (TPSA) is 67.9 Å². The van der Waals surface area contributed by atoms with Crippen molar-refractivity contribution in [2.75, 3.05) is 6.61 Å². The summed E-state index contributed by atoms with van der Waals surface area (Å²) in [6.07, 6.45) is 1.45. The van der Waals surface area contributed by atoms with E-state index in [1.807, 2.05) is 30.3 Å². The van der Waals surface area contributed by atoms with Gasteiger partial charge in [0, 0.05) is 0 Å². The number of nitriles is 1. The number of para-hydroxylation sites is 1. The Labute approximate surface area is 104 Å². The second-order valence-electron chi connectivity index (χ2n) is 3.63. The van der Waals surface area contributed by atoms with Crippen LogP contribution in [0.5, 0.6) is 0 Å². The monoisotopic (exact) mass is 241 g/mol. The molecule has 0 atom stereocenters. The van der Waals surface area contributed by atoms with E-state index in [0.717, 1.165) is 5.69 Å². The third-order valence-electron chi connectivity index (χ3n) is 2.50. The molecular formula is C13H11N3O2. The minimum absolute atomic E-state index is 0.255. The van der Waals surface area contributed by atoms with Crippen LogP contribution < -0.4 is 0 Å². The van der Waals surface area contributed by atoms with Gasteiger partial charge in [0.1, 0.15) is 11.6 Å². The van der Waals surface area contributed by atoms with E-state index in [1.54, 1.807) is 17.7 Å². The highest BCUT2D eigenvalue weighted by Gasteiger charge is 2.15. The molecule has 1 heterocycles. The number of ether oxygens (including phenoxy) is 1. The molecule has 5 heteroatoms. The van der Waals surface area contributed by atoms with Crippen molar-refractivity contribution in [3.8, 4) is 11.8 Å². The van der Waals surface area contributed by atoms with Crippen LogP contribution in [0, 0.1) is 18.3 Å². The lowest BCUT2D eigenvalue weighted by Gasteiger charge is -2.04. The Hall–Kier alpha value is -2.61. The fourth-order valence-corrected chi connectivity index (χ4v) is 1.62. The van der Waals surface area contributed by atoms with E-state index in [0.29, 0.717) is 11.3 Å². The first kappa shape index (κ1) is 11.9. The number of carbonyl (C=O) groups is 1. The molecule has 0 N–H and O–H groups in total. The van der Waals surface area contributed by atoms with Crippen LogP contribution in [0.2, 0.25) is 0 Å². The van der Waals surface area contributed by atoms with Gasteiger partial charge in [-0.05, 0) is 19.1 Å². The zero-order valence-corrected chi connectivity index (χ0v) is 9.83. The average Bonchev–Trinajstić information content (AvgIpc) is 2.79. The van der Waals surface area contributed by atoms with Crippen LogP contribution in [-0.2, 0) is 4.74 Å². The highest BCUT2D eigenvalue weighted by molar-refractivity contribution is 5.90. The van der Waals surface area contributed by atoms with Gasteiger partial charge < -0.3 is 4.74 Å². The Kier molecular flexibility index (Phi) is 3.39. The SMILES string of the molecule is Cc1c(C(=O)OCC#N)cnn1-c1ccccc1. The molecule has 0 bridgehead atoms. The van der Waals surface area contributed by atoms with Gasteiger partial charge in [-0.25, -0.2) is 9.48 Å². The van der Waals surface area contributed by atoms with Crippen LogP contribution in [0.25, 0.3) is 5.69 Å². The Morgan fingerprint density at radius 1 is 1.44 bits per heavy atom. The highest BCUT2D eigenvalue weighted by atomic mass is 16.5. The summed E-state index contributed by atoms with van der Waals surface area (Å²) in [5, 5.41) is 12.5. The molecule has 1 aromatic carbocycles. The number of esters is 1. The van der Waals surface area contributed by atoms with E-state index < -0.39 is 5.97 Å². The Morgan fingerprint density at radius 3 is 2.83 bits per heavy atom. The molecule has 0 radical (unpaired) electrons. The van der Waals surface area contributed by atoms with Gasteiger partial charge in [0.15, 0.2) is 6.61 Å². The van der Waals surface area contributed by atoms with E-state index in [2.05, 4.69) is 5.10 Å². The maximum Gasteiger partial charge on any atom is 0.342 e. The van der Waals surface area contributed by atoms with Gasteiger partial charge in [-0.15, -0.1) is 0 Å². The number of rotatable bonds is 3. The van der Waals surface area contributed by atoms with E-state index in [9.17, 15) is 4.79 Å². The minimum atomic E-state index is -0.531. The lowest BCUT2D eigenvalue weighted by molar-refractivity contribution is 0.0554. The minimum Gasteiger partial charge on any atom is -0.447 e. The Morgan fingerprint density at radius 2 is 2.17 bits per heavy atom. The predicted molar refractivity (Wildman–Crippen MR) is 64.2 cm³/mol. The van der Waals surface area contributed by atoms with Crippen LogP contribution in [-0.4, -0.2) is 22.4 Å². The molecule has 0 amide bonds. The molecule has 0 aliphatic carbocycles. The third-order valence-corrected chi connectivity index (χ3v) is 2.50. The van der Waals surface area contributed by atoms with Crippen LogP contribution in [0.1, 0.15) is 16.1 Å². The van der Waals surface area contributed by atoms with Gasteiger partial charge >= 0.3 is 5.97 Å². The fraction of sp³-hybridized carbons (Fsp3) is 0.154. The summed E-state index contributed by atoms with van der Waals surface area (Å²) in [5.74, 6) is -0.531. The molecule has 0 spiro atoms. The summed E-state index contributed by atoms with van der Waals surface area (Å²) in [4.78, 5) is 11.6. The zero-order chi connectivity index (χ0) is 13.0. The Bertz CT molecular complexity index is 596. The standard InChI is InChI=1S/C13H11N3O2/c1-10-12(13(17)18-8-7-14)9-15-16(10)11-5-3-2-4-6-11/h2-6,9H,8H2,1H3. The summed E-state index contributed by atoms with van der Waals surface area (Å²) in [6.45, 7) is 1.53. The Balaban J connectivity index is 2.30. The van der Waals surface area contributed by atoms with Crippen molar-refractivity contribution < 1.29 is 9.53 Å². The number of hydrogen-bond donors (Lipinski definition) is 0. The second-order valence-corrected chi connectivity index (χ2v) is 3.63. The quantitative estimate of drug-likeness (QED) is 0.769. The van der Waals surface area contributed by atoms with E-state index in [4.69, 9.17) is 10.00 Å². The van der Waals surface area contributed by atoms with Gasteiger partial charge in [-0.3, -0.25) is 0 Å². The van der Waals surface area contributed by atoms with Gasteiger partial charge in [0.2, 0.25) is 0 Å². The van der Waals surface area contributed by atoms with Crippen molar-refractivity contribution in [2.45, 2.75) is 6.92 Å². The maximum atomic E-state index is 11.6. The zero-order valence-electron chi connectivity index (χ0n) is 9.83. The van der Waals surface area contributed by atoms with Gasteiger partial charge in [0.25, 0.3) is 0 Å². The van der Waals surface area contributed by atoms with E-state index >= 15 is 0 Å².